The average molecular weight is 256 g/mol. The number of hydrogen-bond donors (Lipinski definition) is 4. The summed E-state index contributed by atoms with van der Waals surface area (Å²) in [4.78, 5) is 17.8. The number of aromatic nitrogens is 2. The van der Waals surface area contributed by atoms with Crippen molar-refractivity contribution in [1.82, 2.24) is 9.97 Å². The van der Waals surface area contributed by atoms with Crippen LogP contribution < -0.4 is 16.6 Å². The molecule has 5 N–H and O–H groups in total. The summed E-state index contributed by atoms with van der Waals surface area (Å²) in [5.41, 5.74) is 1.97. The van der Waals surface area contributed by atoms with E-state index in [-0.39, 0.29) is 36.0 Å². The van der Waals surface area contributed by atoms with E-state index in [0.29, 0.717) is 0 Å². The van der Waals surface area contributed by atoms with Crippen LogP contribution in [0.15, 0.2) is 6.20 Å². The van der Waals surface area contributed by atoms with Crippen molar-refractivity contribution in [3.05, 3.63) is 16.3 Å². The molecule has 0 aliphatic carbocycles. The molecule has 9 nitrogen and oxygen atoms in total. The molecule has 100 valence electrons. The minimum absolute atomic E-state index is 0.0327. The van der Waals surface area contributed by atoms with Crippen molar-refractivity contribution in [2.24, 2.45) is 11.8 Å². The Bertz CT molecular complexity index is 427. The molecule has 2 unspecified atom stereocenters. The Balaban J connectivity index is 3.00. The molecule has 0 spiro atoms. The van der Waals surface area contributed by atoms with Gasteiger partial charge in [-0.15, -0.1) is 0 Å². The first-order valence-corrected chi connectivity index (χ1v) is 5.35. The third-order valence-electron chi connectivity index (χ3n) is 2.60. The lowest BCUT2D eigenvalue weighted by atomic mass is 10.1. The molecule has 9 heteroatoms. The zero-order valence-electron chi connectivity index (χ0n) is 10.1. The van der Waals surface area contributed by atoms with Gasteiger partial charge in [-0.25, -0.2) is 10.8 Å². The van der Waals surface area contributed by atoms with Gasteiger partial charge in [-0.2, -0.15) is 4.98 Å². The second kappa shape index (κ2) is 6.07. The third-order valence-corrected chi connectivity index (χ3v) is 2.60. The highest BCUT2D eigenvalue weighted by atomic mass is 16.6. The number of aliphatic hydroxyl groups is 1. The van der Waals surface area contributed by atoms with Crippen molar-refractivity contribution < 1.29 is 10.0 Å². The van der Waals surface area contributed by atoms with Gasteiger partial charge in [-0.05, 0) is 12.8 Å². The van der Waals surface area contributed by atoms with E-state index in [1.54, 1.807) is 6.92 Å². The number of nitrogens with one attached hydrogen (secondary N) is 2. The molecule has 1 rings (SSSR count). The lowest BCUT2D eigenvalue weighted by Crippen LogP contribution is -2.27. The molecule has 1 aromatic heterocycles. The summed E-state index contributed by atoms with van der Waals surface area (Å²) in [6, 6.07) is -0.186. The number of anilines is 2. The van der Waals surface area contributed by atoms with Gasteiger partial charge < -0.3 is 10.4 Å². The van der Waals surface area contributed by atoms with Gasteiger partial charge >= 0.3 is 5.69 Å². The number of nitrogens with zero attached hydrogens (tertiary/aromatic N) is 3. The predicted molar refractivity (Wildman–Crippen MR) is 65.8 cm³/mol. The molecule has 0 aliphatic rings. The molecule has 18 heavy (non-hydrogen) atoms. The molecule has 1 heterocycles. The van der Waals surface area contributed by atoms with Crippen LogP contribution in [0.25, 0.3) is 0 Å². The van der Waals surface area contributed by atoms with E-state index in [9.17, 15) is 10.1 Å². The van der Waals surface area contributed by atoms with E-state index in [1.807, 2.05) is 6.92 Å². The maximum Gasteiger partial charge on any atom is 0.329 e. The monoisotopic (exact) mass is 256 g/mol. The quantitative estimate of drug-likeness (QED) is 0.319. The first-order chi connectivity index (χ1) is 8.49. The molecule has 0 bridgehead atoms. The second-order valence-electron chi connectivity index (χ2n) is 3.92. The molecular formula is C9H16N6O3. The summed E-state index contributed by atoms with van der Waals surface area (Å²) in [5, 5.41) is 22.7. The van der Waals surface area contributed by atoms with Crippen molar-refractivity contribution in [3.63, 3.8) is 0 Å². The molecule has 0 saturated carbocycles. The Hall–Kier alpha value is -2.00. The molecule has 2 atom stereocenters. The van der Waals surface area contributed by atoms with Gasteiger partial charge in [0.05, 0.1) is 4.92 Å². The third kappa shape index (κ3) is 3.25. The van der Waals surface area contributed by atoms with Crippen LogP contribution in [0.1, 0.15) is 13.8 Å². The van der Waals surface area contributed by atoms with Crippen LogP contribution in [0.3, 0.4) is 0 Å². The van der Waals surface area contributed by atoms with Gasteiger partial charge in [-0.1, -0.05) is 6.92 Å². The summed E-state index contributed by atoms with van der Waals surface area (Å²) >= 11 is 0. The highest BCUT2D eigenvalue weighted by Crippen LogP contribution is 2.23. The number of nitrogens with two attached hydrogens (primary N) is 1. The van der Waals surface area contributed by atoms with E-state index in [0.717, 1.165) is 6.20 Å². The largest absolute Gasteiger partial charge is 0.396 e. The number of nitro groups is 1. The smallest absolute Gasteiger partial charge is 0.329 e. The van der Waals surface area contributed by atoms with Gasteiger partial charge in [0.2, 0.25) is 11.8 Å². The maximum atomic E-state index is 10.8. The lowest BCUT2D eigenvalue weighted by molar-refractivity contribution is -0.384. The van der Waals surface area contributed by atoms with E-state index in [1.165, 1.54) is 0 Å². The number of hydrazine groups is 1. The molecular weight excluding hydrogens is 240 g/mol. The van der Waals surface area contributed by atoms with Gasteiger partial charge in [0.1, 0.15) is 6.20 Å². The summed E-state index contributed by atoms with van der Waals surface area (Å²) < 4.78 is 0. The van der Waals surface area contributed by atoms with Crippen LogP contribution in [0.4, 0.5) is 17.5 Å². The molecule has 0 aromatic carbocycles. The average Bonchev–Trinajstić information content (AvgIpc) is 2.37. The lowest BCUT2D eigenvalue weighted by Gasteiger charge is -2.19. The number of rotatable bonds is 6. The standard InChI is InChI=1S/C9H16N6O3/c1-5(4-16)6(2)12-8-7(15(17)18)3-11-9(13-8)14-10/h3,5-6,16H,4,10H2,1-2H3,(H2,11,12,13,14). The Morgan fingerprint density at radius 3 is 2.78 bits per heavy atom. The topological polar surface area (TPSA) is 139 Å². The first-order valence-electron chi connectivity index (χ1n) is 5.35. The minimum Gasteiger partial charge on any atom is -0.396 e. The van der Waals surface area contributed by atoms with Crippen molar-refractivity contribution in [2.75, 3.05) is 17.3 Å². The number of hydrogen-bond acceptors (Lipinski definition) is 8. The fourth-order valence-electron chi connectivity index (χ4n) is 1.20. The minimum atomic E-state index is -0.584. The van der Waals surface area contributed by atoms with Crippen molar-refractivity contribution in [2.45, 2.75) is 19.9 Å². The van der Waals surface area contributed by atoms with E-state index in [4.69, 9.17) is 10.9 Å². The Morgan fingerprint density at radius 2 is 2.28 bits per heavy atom. The maximum absolute atomic E-state index is 10.8. The summed E-state index contributed by atoms with van der Waals surface area (Å²) in [6.45, 7) is 3.57. The highest BCUT2D eigenvalue weighted by Gasteiger charge is 2.20. The zero-order valence-corrected chi connectivity index (χ0v) is 10.1. The van der Waals surface area contributed by atoms with Crippen molar-refractivity contribution in [1.29, 1.82) is 0 Å². The molecule has 0 saturated heterocycles. The summed E-state index contributed by atoms with van der Waals surface area (Å²) in [7, 11) is 0. The highest BCUT2D eigenvalue weighted by molar-refractivity contribution is 5.57. The SMILES string of the molecule is CC(CO)C(C)Nc1nc(NN)ncc1[N+](=O)[O-]. The van der Waals surface area contributed by atoms with Gasteiger partial charge in [0, 0.05) is 12.6 Å². The normalized spacial score (nSPS) is 13.8. The van der Waals surface area contributed by atoms with Crippen LogP contribution >= 0.6 is 0 Å². The molecule has 0 fully saturated rings. The fourth-order valence-corrected chi connectivity index (χ4v) is 1.20. The first kappa shape index (κ1) is 14.1. The van der Waals surface area contributed by atoms with E-state index >= 15 is 0 Å². The van der Waals surface area contributed by atoms with E-state index in [2.05, 4.69) is 20.7 Å². The molecule has 0 amide bonds. The number of aliphatic hydroxyl groups excluding tert-OH is 1. The van der Waals surface area contributed by atoms with Crippen molar-refractivity contribution >= 4 is 17.5 Å². The summed E-state index contributed by atoms with van der Waals surface area (Å²) in [5.74, 6) is 5.22. The Labute approximate surface area is 104 Å². The summed E-state index contributed by atoms with van der Waals surface area (Å²) in [6.07, 6.45) is 1.07. The van der Waals surface area contributed by atoms with Crippen LogP contribution in [-0.2, 0) is 0 Å². The van der Waals surface area contributed by atoms with E-state index < -0.39 is 4.92 Å². The molecule has 1 aromatic rings. The Morgan fingerprint density at radius 1 is 1.61 bits per heavy atom. The second-order valence-corrected chi connectivity index (χ2v) is 3.92. The fraction of sp³-hybridized carbons (Fsp3) is 0.556. The van der Waals surface area contributed by atoms with Gasteiger partial charge in [0.25, 0.3) is 0 Å². The zero-order chi connectivity index (χ0) is 13.7. The Kier molecular flexibility index (Phi) is 4.75. The predicted octanol–water partition coefficient (Wildman–Crippen LogP) is 0.0992. The molecule has 0 radical (unpaired) electrons. The molecule has 0 aliphatic heterocycles. The van der Waals surface area contributed by atoms with Crippen LogP contribution in [0, 0.1) is 16.0 Å². The van der Waals surface area contributed by atoms with Crippen LogP contribution in [0.2, 0.25) is 0 Å². The van der Waals surface area contributed by atoms with Crippen molar-refractivity contribution in [3.8, 4) is 0 Å². The van der Waals surface area contributed by atoms with Crippen LogP contribution in [0.5, 0.6) is 0 Å². The van der Waals surface area contributed by atoms with Gasteiger partial charge in [0.15, 0.2) is 0 Å². The van der Waals surface area contributed by atoms with Gasteiger partial charge in [-0.3, -0.25) is 15.5 Å². The number of nitrogen functional groups attached to an aromatic ring is 1. The van der Waals surface area contributed by atoms with Crippen LogP contribution in [-0.4, -0.2) is 32.6 Å².